The summed E-state index contributed by atoms with van der Waals surface area (Å²) in [6.07, 6.45) is -9.13. The van der Waals surface area contributed by atoms with Gasteiger partial charge in [-0.1, -0.05) is 0 Å². The molecule has 12 heteroatoms. The quantitative estimate of drug-likeness (QED) is 0.268. The molecule has 1 aliphatic heterocycles. The van der Waals surface area contributed by atoms with Gasteiger partial charge in [-0.3, -0.25) is 4.79 Å². The zero-order valence-electron chi connectivity index (χ0n) is 14.3. The number of aryl methyl sites for hydroxylation is 1. The predicted octanol–water partition coefficient (Wildman–Crippen LogP) is -2.37. The molecule has 0 bridgehead atoms. The molecule has 6 atom stereocenters. The number of nitrogens with one attached hydrogen (secondary N) is 2. The molecule has 0 aromatic heterocycles. The van der Waals surface area contributed by atoms with Gasteiger partial charge in [0.15, 0.2) is 11.8 Å². The number of aliphatic hydroxyl groups is 3. The fraction of sp³-hybridized carbons (Fsp3) is 0.467. The number of aliphatic carboxylic acids is 1. The van der Waals surface area contributed by atoms with E-state index in [0.717, 1.165) is 6.07 Å². The number of aliphatic hydroxyl groups excluding tert-OH is 3. The van der Waals surface area contributed by atoms with Gasteiger partial charge in [-0.05, 0) is 12.5 Å². The van der Waals surface area contributed by atoms with Gasteiger partial charge in [-0.25, -0.2) is 10.0 Å². The summed E-state index contributed by atoms with van der Waals surface area (Å²) < 4.78 is 10.5. The average Bonchev–Trinajstić information content (AvgIpc) is 2.56. The van der Waals surface area contributed by atoms with Crippen molar-refractivity contribution < 1.29 is 49.9 Å². The number of carbonyl (C=O) groups excluding carboxylic acids is 1. The smallest absolute Gasteiger partial charge is 0.335 e. The van der Waals surface area contributed by atoms with Gasteiger partial charge in [0.25, 0.3) is 0 Å². The Balaban J connectivity index is 2.39. The molecule has 1 amide bonds. The maximum absolute atomic E-state index is 11.4. The Bertz CT molecular complexity index is 725. The van der Waals surface area contributed by atoms with Crippen LogP contribution in [-0.4, -0.2) is 68.2 Å². The molecular weight excluding hydrogens is 368 g/mol. The van der Waals surface area contributed by atoms with Crippen molar-refractivity contribution in [3.8, 4) is 5.75 Å². The maximum Gasteiger partial charge on any atom is 0.335 e. The molecule has 1 aromatic rings. The van der Waals surface area contributed by atoms with Gasteiger partial charge in [0.2, 0.25) is 12.2 Å². The third kappa shape index (κ3) is 4.51. The SMILES string of the molecule is CC(=O)Nc1cc([NH+]([O-])O)cc(C)c1O[C@@H]1O[C@H](C(=O)O)[C@@H](O)[C@H](O)[C@H]1O. The molecule has 150 valence electrons. The van der Waals surface area contributed by atoms with Crippen LogP contribution in [0.3, 0.4) is 0 Å². The lowest BCUT2D eigenvalue weighted by molar-refractivity contribution is -0.991. The minimum Gasteiger partial charge on any atom is -0.595 e. The number of hydrogen-bond donors (Lipinski definition) is 7. The summed E-state index contributed by atoms with van der Waals surface area (Å²) in [5.74, 6) is -2.21. The molecule has 7 N–H and O–H groups in total. The monoisotopic (exact) mass is 388 g/mol. The van der Waals surface area contributed by atoms with Crippen molar-refractivity contribution >= 4 is 23.3 Å². The molecule has 1 aromatic carbocycles. The third-order valence-electron chi connectivity index (χ3n) is 3.88. The first-order valence-electron chi connectivity index (χ1n) is 7.77. The molecule has 0 radical (unpaired) electrons. The summed E-state index contributed by atoms with van der Waals surface area (Å²) in [6.45, 7) is 2.64. The number of ether oxygens (including phenoxy) is 2. The van der Waals surface area contributed by atoms with E-state index in [1.807, 2.05) is 0 Å². The molecule has 27 heavy (non-hydrogen) atoms. The van der Waals surface area contributed by atoms with Crippen LogP contribution in [0.2, 0.25) is 0 Å². The van der Waals surface area contributed by atoms with Crippen molar-refractivity contribution in [3.63, 3.8) is 0 Å². The Morgan fingerprint density at radius 1 is 1.22 bits per heavy atom. The number of carbonyl (C=O) groups is 2. The number of quaternary nitrogens is 1. The van der Waals surface area contributed by atoms with E-state index in [9.17, 15) is 30.1 Å². The van der Waals surface area contributed by atoms with Crippen molar-refractivity contribution in [2.24, 2.45) is 0 Å². The van der Waals surface area contributed by atoms with E-state index < -0.39 is 47.8 Å². The minimum atomic E-state index is -1.89. The molecule has 1 heterocycles. The van der Waals surface area contributed by atoms with Gasteiger partial charge >= 0.3 is 5.97 Å². The van der Waals surface area contributed by atoms with Crippen LogP contribution in [0.15, 0.2) is 12.1 Å². The summed E-state index contributed by atoms with van der Waals surface area (Å²) in [4.78, 5) is 22.6. The summed E-state index contributed by atoms with van der Waals surface area (Å²) in [5.41, 5.74) is 0.0395. The number of amides is 1. The Morgan fingerprint density at radius 2 is 1.85 bits per heavy atom. The van der Waals surface area contributed by atoms with Crippen molar-refractivity contribution in [3.05, 3.63) is 22.9 Å². The zero-order valence-corrected chi connectivity index (χ0v) is 14.3. The number of anilines is 1. The fourth-order valence-corrected chi connectivity index (χ4v) is 2.60. The van der Waals surface area contributed by atoms with Crippen LogP contribution in [0, 0.1) is 12.1 Å². The van der Waals surface area contributed by atoms with Crippen molar-refractivity contribution in [2.45, 2.75) is 44.6 Å². The van der Waals surface area contributed by atoms with Gasteiger partial charge < -0.3 is 40.4 Å². The number of carboxylic acid groups (broad SMARTS) is 1. The topological polar surface area (TPSA) is 193 Å². The van der Waals surface area contributed by atoms with Gasteiger partial charge in [-0.2, -0.15) is 5.23 Å². The van der Waals surface area contributed by atoms with Gasteiger partial charge in [0.05, 0.1) is 5.69 Å². The average molecular weight is 388 g/mol. The second-order valence-corrected chi connectivity index (χ2v) is 6.01. The van der Waals surface area contributed by atoms with E-state index >= 15 is 0 Å². The first-order valence-corrected chi connectivity index (χ1v) is 7.77. The molecule has 0 saturated carbocycles. The largest absolute Gasteiger partial charge is 0.595 e. The number of hydrogen-bond acceptors (Lipinski definition) is 9. The van der Waals surface area contributed by atoms with Crippen LogP contribution < -0.4 is 15.3 Å². The van der Waals surface area contributed by atoms with Gasteiger partial charge in [0, 0.05) is 19.1 Å². The van der Waals surface area contributed by atoms with Crippen molar-refractivity contribution in [2.75, 3.05) is 5.32 Å². The van der Waals surface area contributed by atoms with E-state index in [-0.39, 0.29) is 22.7 Å². The van der Waals surface area contributed by atoms with Crippen LogP contribution >= 0.6 is 0 Å². The van der Waals surface area contributed by atoms with Crippen LogP contribution in [-0.2, 0) is 14.3 Å². The first-order chi connectivity index (χ1) is 12.5. The molecule has 1 saturated heterocycles. The highest BCUT2D eigenvalue weighted by molar-refractivity contribution is 5.91. The number of carboxylic acids is 1. The Labute approximate surface area is 152 Å². The second-order valence-electron chi connectivity index (χ2n) is 6.01. The normalized spacial score (nSPS) is 29.1. The van der Waals surface area contributed by atoms with Crippen molar-refractivity contribution in [1.29, 1.82) is 0 Å². The third-order valence-corrected chi connectivity index (χ3v) is 3.88. The van der Waals surface area contributed by atoms with E-state index in [1.54, 1.807) is 0 Å². The Kier molecular flexibility index (Phi) is 6.33. The lowest BCUT2D eigenvalue weighted by Crippen LogP contribution is -2.99. The fourth-order valence-electron chi connectivity index (χ4n) is 2.60. The summed E-state index contributed by atoms with van der Waals surface area (Å²) in [5, 5.41) is 60.1. The van der Waals surface area contributed by atoms with Crippen LogP contribution in [0.1, 0.15) is 12.5 Å². The highest BCUT2D eigenvalue weighted by Gasteiger charge is 2.48. The van der Waals surface area contributed by atoms with E-state index in [2.05, 4.69) is 5.32 Å². The maximum atomic E-state index is 11.4. The zero-order chi connectivity index (χ0) is 20.5. The lowest BCUT2D eigenvalue weighted by Gasteiger charge is -2.38. The summed E-state index contributed by atoms with van der Waals surface area (Å²) in [7, 11) is 0. The van der Waals surface area contributed by atoms with E-state index in [4.69, 9.17) is 19.8 Å². The molecule has 2 rings (SSSR count). The second kappa shape index (κ2) is 8.14. The van der Waals surface area contributed by atoms with Gasteiger partial charge in [-0.15, -0.1) is 0 Å². The lowest BCUT2D eigenvalue weighted by atomic mass is 9.99. The molecule has 12 nitrogen and oxygen atoms in total. The van der Waals surface area contributed by atoms with Crippen LogP contribution in [0.25, 0.3) is 0 Å². The highest BCUT2D eigenvalue weighted by atomic mass is 16.8. The minimum absolute atomic E-state index is 0.0526. The Morgan fingerprint density at radius 3 is 2.37 bits per heavy atom. The van der Waals surface area contributed by atoms with Crippen LogP contribution in [0.5, 0.6) is 5.75 Å². The molecule has 1 aliphatic rings. The highest BCUT2D eigenvalue weighted by Crippen LogP contribution is 2.34. The predicted molar refractivity (Wildman–Crippen MR) is 86.2 cm³/mol. The standard InChI is InChI=1S/C15H20N2O10/c1-5-3-7(17(24)25)4-8(16-6(2)18)12(5)26-15-11(21)9(19)10(20)13(27-15)14(22)23/h3-4,9-11,13,15,17,19-21,24H,1-2H3,(H,16,18)(H,22,23)/t9-,10-,11+,13-,15+/m0/s1. The molecule has 0 aliphatic carbocycles. The molecule has 1 unspecified atom stereocenters. The molecule has 1 fully saturated rings. The number of benzene rings is 1. The molecular formula is C15H20N2O10. The summed E-state index contributed by atoms with van der Waals surface area (Å²) in [6, 6.07) is 2.35. The summed E-state index contributed by atoms with van der Waals surface area (Å²) >= 11 is 0. The first kappa shape index (κ1) is 21.0. The van der Waals surface area contributed by atoms with E-state index in [1.165, 1.54) is 19.9 Å². The molecule has 0 spiro atoms. The van der Waals surface area contributed by atoms with Crippen LogP contribution in [0.4, 0.5) is 11.4 Å². The van der Waals surface area contributed by atoms with Gasteiger partial charge in [0.1, 0.15) is 24.1 Å². The van der Waals surface area contributed by atoms with Crippen molar-refractivity contribution in [1.82, 2.24) is 0 Å². The van der Waals surface area contributed by atoms with E-state index in [0.29, 0.717) is 0 Å². The Hall–Kier alpha value is -2.32. The number of rotatable bonds is 5.